The molecule has 1 aromatic carbocycles. The maximum atomic E-state index is 12.8. The van der Waals surface area contributed by atoms with E-state index in [4.69, 9.17) is 0 Å². The highest BCUT2D eigenvalue weighted by Gasteiger charge is 2.34. The molecule has 0 saturated carbocycles. The monoisotopic (exact) mass is 405 g/mol. The van der Waals surface area contributed by atoms with E-state index < -0.39 is 21.9 Å². The summed E-state index contributed by atoms with van der Waals surface area (Å²) in [6.07, 6.45) is -2.37. The summed E-state index contributed by atoms with van der Waals surface area (Å²) in [5.41, 5.74) is 0.141. The average molecular weight is 405 g/mol. The van der Waals surface area contributed by atoms with Gasteiger partial charge in [0.25, 0.3) is 10.2 Å². The lowest BCUT2D eigenvalue weighted by atomic mass is 10.0. The lowest BCUT2D eigenvalue weighted by molar-refractivity contribution is -0.137. The van der Waals surface area contributed by atoms with Gasteiger partial charge in [0.1, 0.15) is 0 Å². The van der Waals surface area contributed by atoms with Gasteiger partial charge in [-0.15, -0.1) is 0 Å². The maximum Gasteiger partial charge on any atom is 0.416 e. The van der Waals surface area contributed by atoms with E-state index in [1.165, 1.54) is 16.4 Å². The minimum absolute atomic E-state index is 0.384. The Bertz CT molecular complexity index is 729. The summed E-state index contributed by atoms with van der Waals surface area (Å²) in [7, 11) is -3.42. The third kappa shape index (κ3) is 5.01. The second-order valence-corrected chi connectivity index (χ2v) is 9.41. The van der Waals surface area contributed by atoms with Crippen molar-refractivity contribution in [2.24, 2.45) is 5.92 Å². The molecule has 1 atom stereocenters. The van der Waals surface area contributed by atoms with E-state index in [9.17, 15) is 21.6 Å². The average Bonchev–Trinajstić information content (AvgIpc) is 2.62. The number of rotatable bonds is 4. The highest BCUT2D eigenvalue weighted by atomic mass is 32.2. The van der Waals surface area contributed by atoms with E-state index in [0.29, 0.717) is 51.7 Å². The van der Waals surface area contributed by atoms with Crippen molar-refractivity contribution in [3.8, 4) is 0 Å². The second-order valence-electron chi connectivity index (χ2n) is 7.48. The summed E-state index contributed by atoms with van der Waals surface area (Å²) in [4.78, 5) is 2.08. The Morgan fingerprint density at radius 1 is 1.00 bits per heavy atom. The van der Waals surface area contributed by atoms with Crippen LogP contribution in [0.5, 0.6) is 0 Å². The Morgan fingerprint density at radius 2 is 1.63 bits per heavy atom. The van der Waals surface area contributed by atoms with E-state index in [-0.39, 0.29) is 0 Å². The summed E-state index contributed by atoms with van der Waals surface area (Å²) in [6, 6.07) is 5.16. The van der Waals surface area contributed by atoms with Gasteiger partial charge in [-0.2, -0.15) is 30.2 Å². The molecule has 1 aromatic rings. The van der Waals surface area contributed by atoms with Crippen molar-refractivity contribution < 1.29 is 21.6 Å². The minimum atomic E-state index is -4.33. The third-order valence-corrected chi connectivity index (χ3v) is 7.29. The van der Waals surface area contributed by atoms with Crippen LogP contribution in [0.2, 0.25) is 0 Å². The van der Waals surface area contributed by atoms with E-state index in [1.54, 1.807) is 4.31 Å². The van der Waals surface area contributed by atoms with Gasteiger partial charge in [0.05, 0.1) is 5.56 Å². The fraction of sp³-hybridized carbons (Fsp3) is 0.667. The zero-order chi connectivity index (χ0) is 19.7. The molecule has 0 spiro atoms. The van der Waals surface area contributed by atoms with Crippen molar-refractivity contribution >= 4 is 10.2 Å². The van der Waals surface area contributed by atoms with Crippen molar-refractivity contribution in [2.75, 3.05) is 39.3 Å². The summed E-state index contributed by atoms with van der Waals surface area (Å²) in [5, 5.41) is 0. The molecule has 0 bridgehead atoms. The van der Waals surface area contributed by atoms with Gasteiger partial charge >= 0.3 is 6.18 Å². The number of halogens is 3. The summed E-state index contributed by atoms with van der Waals surface area (Å²) in [5.74, 6) is 0.384. The van der Waals surface area contributed by atoms with Crippen LogP contribution in [0.4, 0.5) is 13.2 Å². The Morgan fingerprint density at radius 3 is 2.19 bits per heavy atom. The van der Waals surface area contributed by atoms with Crippen LogP contribution in [0.1, 0.15) is 30.9 Å². The first-order valence-electron chi connectivity index (χ1n) is 9.30. The van der Waals surface area contributed by atoms with Crippen molar-refractivity contribution in [2.45, 2.75) is 32.5 Å². The van der Waals surface area contributed by atoms with Gasteiger partial charge in [0.15, 0.2) is 0 Å². The van der Waals surface area contributed by atoms with Crippen LogP contribution in [-0.2, 0) is 22.9 Å². The number of piperidine rings is 1. The fourth-order valence-electron chi connectivity index (χ4n) is 3.69. The summed E-state index contributed by atoms with van der Waals surface area (Å²) < 4.78 is 66.6. The van der Waals surface area contributed by atoms with Gasteiger partial charge in [-0.3, -0.25) is 4.90 Å². The molecule has 2 heterocycles. The number of alkyl halides is 3. The summed E-state index contributed by atoms with van der Waals surface area (Å²) >= 11 is 0. The lowest BCUT2D eigenvalue weighted by Crippen LogP contribution is -2.54. The Kier molecular flexibility index (Phi) is 6.14. The quantitative estimate of drug-likeness (QED) is 0.774. The van der Waals surface area contributed by atoms with Gasteiger partial charge in [0.2, 0.25) is 0 Å². The molecule has 2 aliphatic rings. The molecule has 27 heavy (non-hydrogen) atoms. The first-order valence-corrected chi connectivity index (χ1v) is 10.7. The van der Waals surface area contributed by atoms with Gasteiger partial charge in [-0.1, -0.05) is 19.1 Å². The second kappa shape index (κ2) is 8.06. The zero-order valence-corrected chi connectivity index (χ0v) is 16.3. The van der Waals surface area contributed by atoms with E-state index in [2.05, 4.69) is 11.8 Å². The van der Waals surface area contributed by atoms with Crippen molar-refractivity contribution in [1.29, 1.82) is 0 Å². The van der Waals surface area contributed by atoms with Crippen molar-refractivity contribution in [3.63, 3.8) is 0 Å². The molecule has 3 rings (SSSR count). The first kappa shape index (κ1) is 20.6. The Labute approximate surface area is 158 Å². The summed E-state index contributed by atoms with van der Waals surface area (Å²) in [6.45, 7) is 5.72. The topological polar surface area (TPSA) is 43.9 Å². The molecule has 0 aromatic heterocycles. The molecule has 2 saturated heterocycles. The van der Waals surface area contributed by atoms with E-state index in [0.717, 1.165) is 30.5 Å². The van der Waals surface area contributed by atoms with Gasteiger partial charge in [-0.05, 0) is 36.5 Å². The normalized spacial score (nSPS) is 24.2. The number of benzene rings is 1. The first-order chi connectivity index (χ1) is 12.7. The number of nitrogens with zero attached hydrogens (tertiary/aromatic N) is 3. The lowest BCUT2D eigenvalue weighted by Gasteiger charge is -2.38. The molecule has 2 fully saturated rings. The minimum Gasteiger partial charge on any atom is -0.296 e. The molecule has 5 nitrogen and oxygen atoms in total. The number of hydrogen-bond acceptors (Lipinski definition) is 3. The molecule has 0 radical (unpaired) electrons. The molecule has 9 heteroatoms. The van der Waals surface area contributed by atoms with Crippen LogP contribution in [0.25, 0.3) is 0 Å². The zero-order valence-electron chi connectivity index (χ0n) is 15.5. The van der Waals surface area contributed by atoms with Crippen LogP contribution in [0, 0.1) is 5.92 Å². The number of hydrogen-bond donors (Lipinski definition) is 0. The van der Waals surface area contributed by atoms with Gasteiger partial charge in [0, 0.05) is 45.8 Å². The molecular formula is C18H26F3N3O2S. The SMILES string of the molecule is C[C@H]1CCCN(S(=O)(=O)N2CCN(Cc3ccc(C(F)(F)F)cc3)CC2)C1. The van der Waals surface area contributed by atoms with E-state index >= 15 is 0 Å². The molecular weight excluding hydrogens is 379 g/mol. The Hall–Kier alpha value is -1.16. The van der Waals surface area contributed by atoms with Crippen molar-refractivity contribution in [3.05, 3.63) is 35.4 Å². The van der Waals surface area contributed by atoms with E-state index in [1.807, 2.05) is 0 Å². The molecule has 2 aliphatic heterocycles. The molecule has 152 valence electrons. The Balaban J connectivity index is 1.54. The van der Waals surface area contributed by atoms with Gasteiger partial charge in [-0.25, -0.2) is 0 Å². The highest BCUT2D eigenvalue weighted by Crippen LogP contribution is 2.29. The molecule has 0 aliphatic carbocycles. The van der Waals surface area contributed by atoms with Gasteiger partial charge < -0.3 is 0 Å². The predicted molar refractivity (Wildman–Crippen MR) is 97.2 cm³/mol. The maximum absolute atomic E-state index is 12.8. The molecule has 0 N–H and O–H groups in total. The predicted octanol–water partition coefficient (Wildman–Crippen LogP) is 2.80. The number of piperazine rings is 1. The van der Waals surface area contributed by atoms with Crippen LogP contribution < -0.4 is 0 Å². The largest absolute Gasteiger partial charge is 0.416 e. The standard InChI is InChI=1S/C18H26F3N3O2S/c1-15-3-2-8-24(13-15)27(25,26)23-11-9-22(10-12-23)14-16-4-6-17(7-5-16)18(19,20)21/h4-7,15H,2-3,8-14H2,1H3/t15-/m0/s1. The van der Waals surface area contributed by atoms with Crippen LogP contribution in [0.15, 0.2) is 24.3 Å². The van der Waals surface area contributed by atoms with Crippen LogP contribution in [0.3, 0.4) is 0 Å². The molecule has 0 amide bonds. The fourth-order valence-corrected chi connectivity index (χ4v) is 5.45. The smallest absolute Gasteiger partial charge is 0.296 e. The van der Waals surface area contributed by atoms with Crippen LogP contribution in [-0.4, -0.2) is 61.2 Å². The molecule has 0 unspecified atom stereocenters. The van der Waals surface area contributed by atoms with Crippen molar-refractivity contribution in [1.82, 2.24) is 13.5 Å². The third-order valence-electron chi connectivity index (χ3n) is 5.29. The van der Waals surface area contributed by atoms with Crippen LogP contribution >= 0.6 is 0 Å². The highest BCUT2D eigenvalue weighted by molar-refractivity contribution is 7.86.